The summed E-state index contributed by atoms with van der Waals surface area (Å²) >= 11 is 0. The van der Waals surface area contributed by atoms with Crippen molar-refractivity contribution in [2.24, 2.45) is 5.92 Å². The summed E-state index contributed by atoms with van der Waals surface area (Å²) in [4.78, 5) is 0. The number of hydrogen-bond acceptors (Lipinski definition) is 2. The van der Waals surface area contributed by atoms with Crippen LogP contribution in [0.3, 0.4) is 0 Å². The van der Waals surface area contributed by atoms with E-state index in [4.69, 9.17) is 4.74 Å². The van der Waals surface area contributed by atoms with E-state index in [0.29, 0.717) is 6.61 Å². The number of rotatable bonds is 6. The first kappa shape index (κ1) is 12.2. The minimum Gasteiger partial charge on any atom is -0.448 e. The average Bonchev–Trinajstić information content (AvgIpc) is 2.16. The Labute approximate surface area is 81.6 Å². The first-order chi connectivity index (χ1) is 6.31. The van der Waals surface area contributed by atoms with Crippen molar-refractivity contribution in [1.82, 2.24) is 0 Å². The van der Waals surface area contributed by atoms with Crippen LogP contribution >= 0.6 is 0 Å². The molecule has 1 atom stereocenters. The Morgan fingerprint density at radius 1 is 1.23 bits per heavy atom. The van der Waals surface area contributed by atoms with Gasteiger partial charge in [-0.05, 0) is 18.8 Å². The van der Waals surface area contributed by atoms with Crippen molar-refractivity contribution >= 4 is 0 Å². The van der Waals surface area contributed by atoms with E-state index in [9.17, 15) is 0 Å². The van der Waals surface area contributed by atoms with Crippen LogP contribution < -0.4 is 0 Å². The van der Waals surface area contributed by atoms with Gasteiger partial charge in [-0.2, -0.15) is 0 Å². The largest absolute Gasteiger partial charge is 0.448 e. The third kappa shape index (κ3) is 9.07. The van der Waals surface area contributed by atoms with Gasteiger partial charge in [0.1, 0.15) is 6.61 Å². The average molecular weight is 184 g/mol. The topological polar surface area (TPSA) is 18.5 Å². The third-order valence-electron chi connectivity index (χ3n) is 2.11. The molecule has 0 bridgehead atoms. The van der Waals surface area contributed by atoms with Gasteiger partial charge in [0.15, 0.2) is 12.2 Å². The van der Waals surface area contributed by atoms with E-state index in [-0.39, 0.29) is 0 Å². The van der Waals surface area contributed by atoms with E-state index in [1.54, 1.807) is 0 Å². The summed E-state index contributed by atoms with van der Waals surface area (Å²) in [7, 11) is 1.53. The van der Waals surface area contributed by atoms with Crippen molar-refractivity contribution in [3.8, 4) is 12.2 Å². The zero-order valence-corrected chi connectivity index (χ0v) is 8.93. The highest BCUT2D eigenvalue weighted by molar-refractivity contribution is 4.79. The molecular formula is C11H20O2. The lowest BCUT2D eigenvalue weighted by molar-refractivity contribution is 0.255. The van der Waals surface area contributed by atoms with Gasteiger partial charge < -0.3 is 9.47 Å². The van der Waals surface area contributed by atoms with Crippen LogP contribution in [0.5, 0.6) is 0 Å². The standard InChI is InChI=1S/C11H20O2/c1-4-11(2)7-5-6-8-13-10-9-12-3/h11H,4-8H2,1-3H3. The fraction of sp³-hybridized carbons (Fsp3) is 0.818. The molecule has 0 spiro atoms. The molecule has 0 aromatic rings. The van der Waals surface area contributed by atoms with Gasteiger partial charge in [-0.1, -0.05) is 26.7 Å². The Balaban J connectivity index is 3.08. The fourth-order valence-corrected chi connectivity index (χ4v) is 0.993. The molecular weight excluding hydrogens is 164 g/mol. The van der Waals surface area contributed by atoms with E-state index in [1.165, 1.54) is 26.4 Å². The van der Waals surface area contributed by atoms with Gasteiger partial charge in [0.2, 0.25) is 0 Å². The lowest BCUT2D eigenvalue weighted by Gasteiger charge is -2.06. The smallest absolute Gasteiger partial charge is 0.154 e. The molecule has 0 saturated carbocycles. The Kier molecular flexibility index (Phi) is 8.65. The maximum Gasteiger partial charge on any atom is 0.154 e. The van der Waals surface area contributed by atoms with Crippen LogP contribution in [0.15, 0.2) is 0 Å². The quantitative estimate of drug-likeness (QED) is 0.467. The highest BCUT2D eigenvalue weighted by Crippen LogP contribution is 2.10. The Morgan fingerprint density at radius 2 is 2.00 bits per heavy atom. The van der Waals surface area contributed by atoms with Crippen LogP contribution in [0.4, 0.5) is 0 Å². The summed E-state index contributed by atoms with van der Waals surface area (Å²) in [6.45, 7) is 5.23. The molecule has 0 aromatic carbocycles. The van der Waals surface area contributed by atoms with Gasteiger partial charge in [-0.25, -0.2) is 0 Å². The lowest BCUT2D eigenvalue weighted by atomic mass is 10.0. The number of ether oxygens (including phenoxy) is 2. The number of hydrogen-bond donors (Lipinski definition) is 0. The molecule has 1 unspecified atom stereocenters. The van der Waals surface area contributed by atoms with E-state index in [0.717, 1.165) is 12.3 Å². The van der Waals surface area contributed by atoms with Gasteiger partial charge in [-0.3, -0.25) is 0 Å². The monoisotopic (exact) mass is 184 g/mol. The van der Waals surface area contributed by atoms with Gasteiger partial charge in [0.05, 0.1) is 7.11 Å². The zero-order chi connectivity index (χ0) is 9.94. The maximum atomic E-state index is 5.00. The molecule has 0 N–H and O–H groups in total. The van der Waals surface area contributed by atoms with Gasteiger partial charge in [0.25, 0.3) is 0 Å². The predicted octanol–water partition coefficient (Wildman–Crippen LogP) is 2.78. The second-order valence-electron chi connectivity index (χ2n) is 3.27. The molecule has 0 heterocycles. The molecule has 0 fully saturated rings. The number of unbranched alkanes of at least 4 members (excludes halogenated alkanes) is 1. The Bertz CT molecular complexity index is 155. The molecule has 0 aliphatic heterocycles. The summed E-state index contributed by atoms with van der Waals surface area (Å²) in [5.41, 5.74) is 0. The minimum atomic E-state index is 0.715. The molecule has 0 rings (SSSR count). The molecule has 2 nitrogen and oxygen atoms in total. The van der Waals surface area contributed by atoms with Crippen molar-refractivity contribution in [3.05, 3.63) is 0 Å². The molecule has 0 aliphatic carbocycles. The second-order valence-corrected chi connectivity index (χ2v) is 3.27. The molecule has 0 radical (unpaired) electrons. The second kappa shape index (κ2) is 9.25. The highest BCUT2D eigenvalue weighted by Gasteiger charge is 1.97. The van der Waals surface area contributed by atoms with Crippen molar-refractivity contribution in [2.45, 2.75) is 39.5 Å². The minimum absolute atomic E-state index is 0.715. The summed E-state index contributed by atoms with van der Waals surface area (Å²) in [6.07, 6.45) is 9.72. The normalized spacial score (nSPS) is 11.3. The molecule has 0 aromatic heterocycles. The van der Waals surface area contributed by atoms with E-state index in [2.05, 4.69) is 30.8 Å². The van der Waals surface area contributed by atoms with Gasteiger partial charge >= 0.3 is 0 Å². The van der Waals surface area contributed by atoms with Crippen LogP contribution in [-0.4, -0.2) is 13.7 Å². The number of methoxy groups -OCH3 is 1. The predicted molar refractivity (Wildman–Crippen MR) is 54.0 cm³/mol. The van der Waals surface area contributed by atoms with E-state index < -0.39 is 0 Å². The van der Waals surface area contributed by atoms with Crippen LogP contribution in [0.1, 0.15) is 39.5 Å². The molecule has 13 heavy (non-hydrogen) atoms. The first-order valence-corrected chi connectivity index (χ1v) is 4.96. The van der Waals surface area contributed by atoms with E-state index >= 15 is 0 Å². The summed E-state index contributed by atoms with van der Waals surface area (Å²) in [6, 6.07) is 0. The van der Waals surface area contributed by atoms with Gasteiger partial charge in [-0.15, -0.1) is 0 Å². The van der Waals surface area contributed by atoms with Gasteiger partial charge in [0, 0.05) is 0 Å². The van der Waals surface area contributed by atoms with Crippen molar-refractivity contribution in [2.75, 3.05) is 13.7 Å². The van der Waals surface area contributed by atoms with Crippen LogP contribution in [0, 0.1) is 18.1 Å². The fourth-order valence-electron chi connectivity index (χ4n) is 0.993. The molecule has 0 aliphatic rings. The zero-order valence-electron chi connectivity index (χ0n) is 8.93. The lowest BCUT2D eigenvalue weighted by Crippen LogP contribution is -1.94. The van der Waals surface area contributed by atoms with Crippen LogP contribution in [-0.2, 0) is 9.47 Å². The Morgan fingerprint density at radius 3 is 2.62 bits per heavy atom. The van der Waals surface area contributed by atoms with Crippen LogP contribution in [0.25, 0.3) is 0 Å². The summed E-state index contributed by atoms with van der Waals surface area (Å²) in [5, 5.41) is 0. The molecule has 0 amide bonds. The maximum absolute atomic E-state index is 5.00. The van der Waals surface area contributed by atoms with Crippen molar-refractivity contribution in [3.63, 3.8) is 0 Å². The SMILES string of the molecule is CCC(C)CCCCOC#COC. The van der Waals surface area contributed by atoms with Crippen molar-refractivity contribution in [1.29, 1.82) is 0 Å². The highest BCUT2D eigenvalue weighted by atomic mass is 16.5. The van der Waals surface area contributed by atoms with E-state index in [1.807, 2.05) is 0 Å². The molecule has 76 valence electrons. The molecule has 2 heteroatoms. The Hall–Kier alpha value is -0.840. The third-order valence-corrected chi connectivity index (χ3v) is 2.11. The molecule has 0 saturated heterocycles. The van der Waals surface area contributed by atoms with Crippen LogP contribution in [0.2, 0.25) is 0 Å². The summed E-state index contributed by atoms with van der Waals surface area (Å²) in [5.74, 6) is 0.838. The first-order valence-electron chi connectivity index (χ1n) is 4.96. The van der Waals surface area contributed by atoms with Crippen molar-refractivity contribution < 1.29 is 9.47 Å². The summed E-state index contributed by atoms with van der Waals surface area (Å²) < 4.78 is 9.52.